The van der Waals surface area contributed by atoms with E-state index >= 15 is 0 Å². The molecule has 0 heterocycles. The molecule has 0 aromatic heterocycles. The third-order valence-electron chi connectivity index (χ3n) is 5.61. The van der Waals surface area contributed by atoms with E-state index in [2.05, 4.69) is 74.6 Å². The zero-order chi connectivity index (χ0) is 19.6. The number of benzene rings is 2. The maximum Gasteiger partial charge on any atom is -0.00247 e. The highest BCUT2D eigenvalue weighted by molar-refractivity contribution is 5.72. The van der Waals surface area contributed by atoms with Gasteiger partial charge in [-0.3, -0.25) is 0 Å². The molecule has 0 saturated carbocycles. The number of nitrogens with zero attached hydrogens (tertiary/aromatic N) is 1. The zero-order valence-electron chi connectivity index (χ0n) is 18.1. The van der Waals surface area contributed by atoms with E-state index in [1.54, 1.807) is 0 Å². The van der Waals surface area contributed by atoms with Gasteiger partial charge in [0.1, 0.15) is 0 Å². The number of hydrogen-bond donors (Lipinski definition) is 1. The van der Waals surface area contributed by atoms with Gasteiger partial charge in [-0.2, -0.15) is 0 Å². The first-order valence-electron chi connectivity index (χ1n) is 10.5. The van der Waals surface area contributed by atoms with Crippen molar-refractivity contribution >= 4 is 0 Å². The number of aryl methyl sites for hydroxylation is 2. The first kappa shape index (κ1) is 21.7. The first-order valence-corrected chi connectivity index (χ1v) is 10.5. The summed E-state index contributed by atoms with van der Waals surface area (Å²) in [4.78, 5) is 2.27. The van der Waals surface area contributed by atoms with E-state index in [9.17, 15) is 0 Å². The third kappa shape index (κ3) is 6.48. The van der Waals surface area contributed by atoms with Crippen LogP contribution in [0.5, 0.6) is 0 Å². The molecular weight excluding hydrogens is 328 g/mol. The molecule has 0 amide bonds. The second kappa shape index (κ2) is 11.3. The van der Waals surface area contributed by atoms with Crippen LogP contribution in [0.4, 0.5) is 0 Å². The van der Waals surface area contributed by atoms with E-state index < -0.39 is 0 Å². The summed E-state index contributed by atoms with van der Waals surface area (Å²) in [5.74, 6) is 0. The zero-order valence-corrected chi connectivity index (χ0v) is 18.1. The standard InChI is InChI=1S/C25H38N2/c1-20-22(12-6-8-18-26-3)14-10-16-24(20)25-17-11-15-23(21(25)2)13-7-9-19-27(4)5/h10-11,14-17,26H,6-9,12-13,18-19H2,1-5H3. The molecule has 2 aromatic carbocycles. The molecular formula is C25H38N2. The Labute approximate surface area is 167 Å². The fraction of sp³-hybridized carbons (Fsp3) is 0.520. The molecule has 0 aliphatic heterocycles. The number of nitrogens with one attached hydrogen (secondary N) is 1. The van der Waals surface area contributed by atoms with Gasteiger partial charge in [-0.15, -0.1) is 0 Å². The van der Waals surface area contributed by atoms with Crippen LogP contribution in [0.3, 0.4) is 0 Å². The Balaban J connectivity index is 2.14. The molecule has 2 nitrogen and oxygen atoms in total. The van der Waals surface area contributed by atoms with Gasteiger partial charge in [-0.05, 0) is 120 Å². The Morgan fingerprint density at radius 3 is 1.74 bits per heavy atom. The summed E-state index contributed by atoms with van der Waals surface area (Å²) in [6.07, 6.45) is 7.35. The molecule has 27 heavy (non-hydrogen) atoms. The highest BCUT2D eigenvalue weighted by Gasteiger charge is 2.11. The van der Waals surface area contributed by atoms with E-state index in [0.29, 0.717) is 0 Å². The van der Waals surface area contributed by atoms with Crippen LogP contribution >= 0.6 is 0 Å². The maximum absolute atomic E-state index is 3.24. The van der Waals surface area contributed by atoms with Gasteiger partial charge >= 0.3 is 0 Å². The van der Waals surface area contributed by atoms with E-state index in [0.717, 1.165) is 6.54 Å². The molecule has 2 heteroatoms. The van der Waals surface area contributed by atoms with Crippen LogP contribution in [-0.2, 0) is 12.8 Å². The SMILES string of the molecule is CNCCCCc1cccc(-c2cccc(CCCCN(C)C)c2C)c1C. The lowest BCUT2D eigenvalue weighted by Gasteiger charge is -2.16. The number of hydrogen-bond acceptors (Lipinski definition) is 2. The number of rotatable bonds is 11. The fourth-order valence-corrected chi connectivity index (χ4v) is 3.85. The topological polar surface area (TPSA) is 15.3 Å². The molecule has 0 aliphatic carbocycles. The molecule has 0 aliphatic rings. The molecule has 0 radical (unpaired) electrons. The summed E-state index contributed by atoms with van der Waals surface area (Å²) in [5, 5.41) is 3.24. The van der Waals surface area contributed by atoms with Gasteiger partial charge < -0.3 is 10.2 Å². The second-order valence-electron chi connectivity index (χ2n) is 8.00. The average Bonchev–Trinajstić information content (AvgIpc) is 2.65. The molecule has 0 unspecified atom stereocenters. The van der Waals surface area contributed by atoms with Crippen molar-refractivity contribution in [1.29, 1.82) is 0 Å². The Bertz CT molecular complexity index is 703. The lowest BCUT2D eigenvalue weighted by molar-refractivity contribution is 0.394. The third-order valence-corrected chi connectivity index (χ3v) is 5.61. The predicted octanol–water partition coefficient (Wildman–Crippen LogP) is 5.40. The summed E-state index contributed by atoms with van der Waals surface area (Å²) in [6.45, 7) is 6.88. The van der Waals surface area contributed by atoms with Crippen molar-refractivity contribution in [2.24, 2.45) is 0 Å². The van der Waals surface area contributed by atoms with Crippen molar-refractivity contribution in [1.82, 2.24) is 10.2 Å². The average molecular weight is 367 g/mol. The van der Waals surface area contributed by atoms with Crippen molar-refractivity contribution in [2.45, 2.75) is 52.4 Å². The largest absolute Gasteiger partial charge is 0.320 e. The Hall–Kier alpha value is -1.64. The Morgan fingerprint density at radius 2 is 1.26 bits per heavy atom. The Morgan fingerprint density at radius 1 is 0.741 bits per heavy atom. The molecule has 2 rings (SSSR count). The van der Waals surface area contributed by atoms with Crippen molar-refractivity contribution in [3.63, 3.8) is 0 Å². The molecule has 148 valence electrons. The van der Waals surface area contributed by atoms with Crippen LogP contribution < -0.4 is 5.32 Å². The van der Waals surface area contributed by atoms with Crippen LogP contribution in [0, 0.1) is 13.8 Å². The van der Waals surface area contributed by atoms with Gasteiger partial charge in [-0.1, -0.05) is 36.4 Å². The predicted molar refractivity (Wildman–Crippen MR) is 120 cm³/mol. The van der Waals surface area contributed by atoms with Crippen LogP contribution in [0.1, 0.15) is 47.9 Å². The lowest BCUT2D eigenvalue weighted by Crippen LogP contribution is -2.13. The van der Waals surface area contributed by atoms with Crippen LogP contribution in [-0.4, -0.2) is 39.1 Å². The second-order valence-corrected chi connectivity index (χ2v) is 8.00. The highest BCUT2D eigenvalue weighted by atomic mass is 15.0. The Kier molecular flexibility index (Phi) is 9.03. The molecule has 0 fully saturated rings. The van der Waals surface area contributed by atoms with E-state index in [1.165, 1.54) is 78.5 Å². The minimum atomic E-state index is 1.10. The van der Waals surface area contributed by atoms with Gasteiger partial charge in [0.25, 0.3) is 0 Å². The molecule has 2 aromatic rings. The van der Waals surface area contributed by atoms with Crippen LogP contribution in [0.2, 0.25) is 0 Å². The van der Waals surface area contributed by atoms with Gasteiger partial charge in [0.15, 0.2) is 0 Å². The molecule has 0 atom stereocenters. The highest BCUT2D eigenvalue weighted by Crippen LogP contribution is 2.31. The van der Waals surface area contributed by atoms with Gasteiger partial charge in [-0.25, -0.2) is 0 Å². The van der Waals surface area contributed by atoms with Crippen molar-refractivity contribution in [3.05, 3.63) is 58.7 Å². The van der Waals surface area contributed by atoms with E-state index in [1.807, 2.05) is 7.05 Å². The summed E-state index contributed by atoms with van der Waals surface area (Å²) in [7, 11) is 6.34. The normalized spacial score (nSPS) is 11.3. The summed E-state index contributed by atoms with van der Waals surface area (Å²) in [5.41, 5.74) is 8.74. The number of unbranched alkanes of at least 4 members (excludes halogenated alkanes) is 2. The van der Waals surface area contributed by atoms with E-state index in [4.69, 9.17) is 0 Å². The summed E-state index contributed by atoms with van der Waals surface area (Å²) >= 11 is 0. The van der Waals surface area contributed by atoms with Crippen molar-refractivity contribution in [3.8, 4) is 11.1 Å². The molecule has 1 N–H and O–H groups in total. The van der Waals surface area contributed by atoms with Gasteiger partial charge in [0.2, 0.25) is 0 Å². The lowest BCUT2D eigenvalue weighted by atomic mass is 9.89. The molecule has 0 bridgehead atoms. The van der Waals surface area contributed by atoms with Crippen LogP contribution in [0.25, 0.3) is 11.1 Å². The minimum absolute atomic E-state index is 1.10. The summed E-state index contributed by atoms with van der Waals surface area (Å²) in [6, 6.07) is 13.7. The smallest absolute Gasteiger partial charge is 0.00247 e. The quantitative estimate of drug-likeness (QED) is 0.536. The monoisotopic (exact) mass is 366 g/mol. The summed E-state index contributed by atoms with van der Waals surface area (Å²) < 4.78 is 0. The minimum Gasteiger partial charge on any atom is -0.320 e. The van der Waals surface area contributed by atoms with E-state index in [-0.39, 0.29) is 0 Å². The van der Waals surface area contributed by atoms with Crippen LogP contribution in [0.15, 0.2) is 36.4 Å². The van der Waals surface area contributed by atoms with Gasteiger partial charge in [0, 0.05) is 0 Å². The van der Waals surface area contributed by atoms with Gasteiger partial charge in [0.05, 0.1) is 0 Å². The maximum atomic E-state index is 3.24. The van der Waals surface area contributed by atoms with Crippen molar-refractivity contribution in [2.75, 3.05) is 34.2 Å². The fourth-order valence-electron chi connectivity index (χ4n) is 3.85. The molecule has 0 spiro atoms. The van der Waals surface area contributed by atoms with Crippen molar-refractivity contribution < 1.29 is 0 Å². The first-order chi connectivity index (χ1) is 13.0. The molecule has 0 saturated heterocycles.